The van der Waals surface area contributed by atoms with E-state index in [-0.39, 0.29) is 18.6 Å². The summed E-state index contributed by atoms with van der Waals surface area (Å²) in [6.07, 6.45) is 3.35. The van der Waals surface area contributed by atoms with E-state index in [2.05, 4.69) is 4.98 Å². The van der Waals surface area contributed by atoms with E-state index in [0.29, 0.717) is 5.56 Å². The third-order valence-corrected chi connectivity index (χ3v) is 2.77. The fourth-order valence-corrected chi connectivity index (χ4v) is 1.75. The van der Waals surface area contributed by atoms with Crippen molar-refractivity contribution in [3.8, 4) is 11.1 Å². The van der Waals surface area contributed by atoms with Crippen LogP contribution < -0.4 is 0 Å². The molecule has 4 nitrogen and oxygen atoms in total. The third-order valence-electron chi connectivity index (χ3n) is 2.77. The third kappa shape index (κ3) is 3.48. The van der Waals surface area contributed by atoms with Gasteiger partial charge in [-0.3, -0.25) is 14.6 Å². The maximum absolute atomic E-state index is 11.7. The largest absolute Gasteiger partial charge is 0.481 e. The molecular formula is C15H13NO3. The number of nitrogens with zero attached hydrogens (tertiary/aromatic N) is 1. The molecule has 0 spiro atoms. The standard InChI is InChI=1S/C15H13NO3/c17-14(7-8-15(18)19)12-5-3-11(4-6-12)13-2-1-9-16-10-13/h1-6,9-10H,7-8H2,(H,18,19). The van der Waals surface area contributed by atoms with Gasteiger partial charge in [-0.15, -0.1) is 0 Å². The quantitative estimate of drug-likeness (QED) is 0.834. The Morgan fingerprint density at radius 1 is 1.00 bits per heavy atom. The van der Waals surface area contributed by atoms with Gasteiger partial charge in [0.05, 0.1) is 6.42 Å². The van der Waals surface area contributed by atoms with Gasteiger partial charge in [0.2, 0.25) is 0 Å². The van der Waals surface area contributed by atoms with Gasteiger partial charge >= 0.3 is 5.97 Å². The number of rotatable bonds is 5. The number of aliphatic carboxylic acids is 1. The van der Waals surface area contributed by atoms with Crippen LogP contribution in [0.25, 0.3) is 11.1 Å². The van der Waals surface area contributed by atoms with Crippen LogP contribution in [-0.4, -0.2) is 21.8 Å². The predicted octanol–water partition coefficient (Wildman–Crippen LogP) is 2.80. The highest BCUT2D eigenvalue weighted by Gasteiger charge is 2.08. The van der Waals surface area contributed by atoms with Crippen LogP contribution in [0.3, 0.4) is 0 Å². The lowest BCUT2D eigenvalue weighted by atomic mass is 10.0. The second-order valence-corrected chi connectivity index (χ2v) is 4.14. The summed E-state index contributed by atoms with van der Waals surface area (Å²) >= 11 is 0. The van der Waals surface area contributed by atoms with Crippen LogP contribution in [0, 0.1) is 0 Å². The van der Waals surface area contributed by atoms with E-state index < -0.39 is 5.97 Å². The number of benzene rings is 1. The summed E-state index contributed by atoms with van der Waals surface area (Å²) in [7, 11) is 0. The zero-order valence-corrected chi connectivity index (χ0v) is 10.2. The summed E-state index contributed by atoms with van der Waals surface area (Å²) in [5, 5.41) is 8.54. The molecule has 4 heteroatoms. The van der Waals surface area contributed by atoms with Gasteiger partial charge in [0, 0.05) is 24.4 Å². The molecule has 1 aromatic carbocycles. The Labute approximate surface area is 110 Å². The number of pyridine rings is 1. The maximum atomic E-state index is 11.7. The van der Waals surface area contributed by atoms with Crippen molar-refractivity contribution >= 4 is 11.8 Å². The predicted molar refractivity (Wildman–Crippen MR) is 70.9 cm³/mol. The Hall–Kier alpha value is -2.49. The molecule has 0 bridgehead atoms. The Morgan fingerprint density at radius 2 is 1.74 bits per heavy atom. The first kappa shape index (κ1) is 13.0. The number of carbonyl (C=O) groups is 2. The minimum atomic E-state index is -0.958. The van der Waals surface area contributed by atoms with E-state index in [0.717, 1.165) is 11.1 Å². The van der Waals surface area contributed by atoms with E-state index in [1.54, 1.807) is 24.5 Å². The second kappa shape index (κ2) is 5.91. The summed E-state index contributed by atoms with van der Waals surface area (Å²) in [4.78, 5) is 26.2. The molecule has 2 aromatic rings. The Kier molecular flexibility index (Phi) is 4.03. The van der Waals surface area contributed by atoms with Crippen molar-refractivity contribution < 1.29 is 14.7 Å². The molecule has 2 rings (SSSR count). The van der Waals surface area contributed by atoms with Crippen LogP contribution in [0.2, 0.25) is 0 Å². The summed E-state index contributed by atoms with van der Waals surface area (Å²) in [5.74, 6) is -1.11. The topological polar surface area (TPSA) is 67.3 Å². The Bertz CT molecular complexity index is 576. The monoisotopic (exact) mass is 255 g/mol. The molecule has 0 aliphatic carbocycles. The maximum Gasteiger partial charge on any atom is 0.303 e. The minimum Gasteiger partial charge on any atom is -0.481 e. The first-order chi connectivity index (χ1) is 9.16. The van der Waals surface area contributed by atoms with Gasteiger partial charge in [0.1, 0.15) is 0 Å². The molecule has 0 aliphatic rings. The second-order valence-electron chi connectivity index (χ2n) is 4.14. The van der Waals surface area contributed by atoms with Crippen molar-refractivity contribution in [1.82, 2.24) is 4.98 Å². The van der Waals surface area contributed by atoms with Crippen molar-refractivity contribution in [1.29, 1.82) is 0 Å². The Morgan fingerprint density at radius 3 is 2.32 bits per heavy atom. The highest BCUT2D eigenvalue weighted by molar-refractivity contribution is 5.97. The smallest absolute Gasteiger partial charge is 0.303 e. The van der Waals surface area contributed by atoms with E-state index in [1.165, 1.54) is 0 Å². The van der Waals surface area contributed by atoms with Crippen LogP contribution in [0.1, 0.15) is 23.2 Å². The molecule has 96 valence electrons. The van der Waals surface area contributed by atoms with E-state index in [9.17, 15) is 9.59 Å². The molecule has 19 heavy (non-hydrogen) atoms. The molecule has 0 aliphatic heterocycles. The average molecular weight is 255 g/mol. The van der Waals surface area contributed by atoms with Gasteiger partial charge in [-0.1, -0.05) is 30.3 Å². The van der Waals surface area contributed by atoms with E-state index >= 15 is 0 Å². The van der Waals surface area contributed by atoms with Gasteiger partial charge in [-0.2, -0.15) is 0 Å². The normalized spacial score (nSPS) is 10.1. The van der Waals surface area contributed by atoms with Crippen LogP contribution in [0.15, 0.2) is 48.8 Å². The van der Waals surface area contributed by atoms with Crippen molar-refractivity contribution in [3.63, 3.8) is 0 Å². The van der Waals surface area contributed by atoms with E-state index in [4.69, 9.17) is 5.11 Å². The lowest BCUT2D eigenvalue weighted by molar-refractivity contribution is -0.136. The summed E-state index contributed by atoms with van der Waals surface area (Å²) in [6.45, 7) is 0. The van der Waals surface area contributed by atoms with Gasteiger partial charge in [0.25, 0.3) is 0 Å². The molecule has 0 saturated heterocycles. The number of carbonyl (C=O) groups excluding carboxylic acids is 1. The van der Waals surface area contributed by atoms with Gasteiger partial charge in [-0.05, 0) is 17.2 Å². The van der Waals surface area contributed by atoms with Crippen molar-refractivity contribution in [2.24, 2.45) is 0 Å². The number of ketones is 1. The highest BCUT2D eigenvalue weighted by atomic mass is 16.4. The molecule has 0 saturated carbocycles. The zero-order valence-electron chi connectivity index (χ0n) is 10.2. The number of carboxylic acids is 1. The lowest BCUT2D eigenvalue weighted by Crippen LogP contribution is -2.03. The fraction of sp³-hybridized carbons (Fsp3) is 0.133. The molecule has 0 unspecified atom stereocenters. The van der Waals surface area contributed by atoms with Gasteiger partial charge < -0.3 is 5.11 Å². The summed E-state index contributed by atoms with van der Waals surface area (Å²) < 4.78 is 0. The summed E-state index contributed by atoms with van der Waals surface area (Å²) in [6, 6.07) is 10.9. The first-order valence-corrected chi connectivity index (χ1v) is 5.92. The average Bonchev–Trinajstić information content (AvgIpc) is 2.46. The number of Topliss-reactive ketones (excluding diaryl/α,β-unsaturated/α-hetero) is 1. The molecule has 0 radical (unpaired) electrons. The molecule has 1 N–H and O–H groups in total. The van der Waals surface area contributed by atoms with Gasteiger partial charge in [-0.25, -0.2) is 0 Å². The van der Waals surface area contributed by atoms with Crippen LogP contribution in [0.4, 0.5) is 0 Å². The molecule has 0 fully saturated rings. The number of hydrogen-bond acceptors (Lipinski definition) is 3. The van der Waals surface area contributed by atoms with Crippen molar-refractivity contribution in [2.75, 3.05) is 0 Å². The molecular weight excluding hydrogens is 242 g/mol. The number of aromatic nitrogens is 1. The minimum absolute atomic E-state index is 0.0293. The first-order valence-electron chi connectivity index (χ1n) is 5.92. The lowest BCUT2D eigenvalue weighted by Gasteiger charge is -2.03. The van der Waals surface area contributed by atoms with Crippen LogP contribution in [-0.2, 0) is 4.79 Å². The SMILES string of the molecule is O=C(O)CCC(=O)c1ccc(-c2cccnc2)cc1. The number of hydrogen-bond donors (Lipinski definition) is 1. The van der Waals surface area contributed by atoms with Crippen LogP contribution >= 0.6 is 0 Å². The zero-order chi connectivity index (χ0) is 13.7. The summed E-state index contributed by atoms with van der Waals surface area (Å²) in [5.41, 5.74) is 2.49. The molecule has 1 aromatic heterocycles. The van der Waals surface area contributed by atoms with Gasteiger partial charge in [0.15, 0.2) is 5.78 Å². The molecule has 0 atom stereocenters. The number of carboxylic acid groups (broad SMARTS) is 1. The van der Waals surface area contributed by atoms with Crippen LogP contribution in [0.5, 0.6) is 0 Å². The van der Waals surface area contributed by atoms with Crippen molar-refractivity contribution in [3.05, 3.63) is 54.4 Å². The van der Waals surface area contributed by atoms with Crippen molar-refractivity contribution in [2.45, 2.75) is 12.8 Å². The highest BCUT2D eigenvalue weighted by Crippen LogP contribution is 2.19. The molecule has 0 amide bonds. The fourth-order valence-electron chi connectivity index (χ4n) is 1.75. The molecule has 1 heterocycles. The Balaban J connectivity index is 2.10. The van der Waals surface area contributed by atoms with E-state index in [1.807, 2.05) is 24.3 Å².